The van der Waals surface area contributed by atoms with E-state index in [-0.39, 0.29) is 0 Å². The molecule has 0 spiro atoms. The van der Waals surface area contributed by atoms with Crippen LogP contribution in [0.3, 0.4) is 0 Å². The molecule has 4 rings (SSSR count). The lowest BCUT2D eigenvalue weighted by Crippen LogP contribution is -2.47. The maximum atomic E-state index is 12.0. The van der Waals surface area contributed by atoms with Crippen molar-refractivity contribution >= 4 is 5.97 Å². The van der Waals surface area contributed by atoms with Gasteiger partial charge in [0.1, 0.15) is 18.3 Å². The number of hydrogen-bond acceptors (Lipinski definition) is 6. The monoisotopic (exact) mass is 514 g/mol. The summed E-state index contributed by atoms with van der Waals surface area (Å²) in [5.74, 6) is -0.426. The number of rotatable bonds is 13. The molecule has 6 heteroatoms. The molecule has 0 amide bonds. The predicted octanol–water partition coefficient (Wildman–Crippen LogP) is 5.78. The molecular weight excluding hydrogens is 480 g/mol. The van der Waals surface area contributed by atoms with Crippen molar-refractivity contribution in [1.29, 1.82) is 0 Å². The van der Waals surface area contributed by atoms with Gasteiger partial charge in [0.2, 0.25) is 0 Å². The molecule has 198 valence electrons. The number of ether oxygens (including phenoxy) is 5. The minimum absolute atomic E-state index is 0.302. The fourth-order valence-corrected chi connectivity index (χ4v) is 4.10. The Kier molecular flexibility index (Phi) is 10.7. The number of hydrogen-bond donors (Lipinski definition) is 0. The van der Waals surface area contributed by atoms with Gasteiger partial charge in [-0.1, -0.05) is 91.0 Å². The molecular formula is C32H34O6. The molecule has 6 nitrogen and oxygen atoms in total. The Morgan fingerprint density at radius 2 is 1.34 bits per heavy atom. The summed E-state index contributed by atoms with van der Waals surface area (Å²) in [7, 11) is 0. The van der Waals surface area contributed by atoms with E-state index in [9.17, 15) is 4.79 Å². The molecule has 3 atom stereocenters. The maximum absolute atomic E-state index is 12.0. The van der Waals surface area contributed by atoms with E-state index in [0.717, 1.165) is 16.7 Å². The lowest BCUT2D eigenvalue weighted by molar-refractivity contribution is -0.150. The van der Waals surface area contributed by atoms with Gasteiger partial charge < -0.3 is 23.7 Å². The van der Waals surface area contributed by atoms with Crippen LogP contribution >= 0.6 is 0 Å². The standard InChI is InChI=1S/C32H34O6/c1-2-35-30(33)19-18-28-23-36-29(24-34-20-25-12-6-3-7-13-25)32(38-22-27-16-10-5-11-17-27)31(28)37-21-26-14-8-4-9-15-26/h3-19,23,29,31-32H,2,20-22,24H2,1H3/b19-18+/t29-,31-,32-/m1/s1. The molecule has 0 bridgehead atoms. The third-order valence-corrected chi connectivity index (χ3v) is 6.02. The lowest BCUT2D eigenvalue weighted by Gasteiger charge is -2.37. The summed E-state index contributed by atoms with van der Waals surface area (Å²) in [5.41, 5.74) is 3.84. The average Bonchev–Trinajstić information content (AvgIpc) is 2.96. The summed E-state index contributed by atoms with van der Waals surface area (Å²) >= 11 is 0. The van der Waals surface area contributed by atoms with Crippen molar-refractivity contribution < 1.29 is 28.5 Å². The first-order valence-corrected chi connectivity index (χ1v) is 12.9. The molecule has 0 aliphatic carbocycles. The van der Waals surface area contributed by atoms with Crippen LogP contribution in [0.2, 0.25) is 0 Å². The fourth-order valence-electron chi connectivity index (χ4n) is 4.10. The number of carbonyl (C=O) groups excluding carboxylic acids is 1. The highest BCUT2D eigenvalue weighted by Crippen LogP contribution is 2.28. The van der Waals surface area contributed by atoms with Gasteiger partial charge in [0, 0.05) is 11.6 Å². The first-order chi connectivity index (χ1) is 18.7. The van der Waals surface area contributed by atoms with E-state index in [1.54, 1.807) is 19.3 Å². The van der Waals surface area contributed by atoms with Gasteiger partial charge in [-0.05, 0) is 29.7 Å². The van der Waals surface area contributed by atoms with Crippen LogP contribution in [0.4, 0.5) is 0 Å². The van der Waals surface area contributed by atoms with Crippen molar-refractivity contribution in [3.8, 4) is 0 Å². The van der Waals surface area contributed by atoms with Crippen molar-refractivity contribution in [2.24, 2.45) is 0 Å². The van der Waals surface area contributed by atoms with E-state index in [1.165, 1.54) is 6.08 Å². The van der Waals surface area contributed by atoms with Gasteiger partial charge in [-0.3, -0.25) is 0 Å². The maximum Gasteiger partial charge on any atom is 0.330 e. The Morgan fingerprint density at radius 1 is 0.789 bits per heavy atom. The molecule has 0 fully saturated rings. The molecule has 0 saturated carbocycles. The van der Waals surface area contributed by atoms with Crippen LogP contribution in [-0.4, -0.2) is 37.5 Å². The van der Waals surface area contributed by atoms with Crippen molar-refractivity contribution in [3.63, 3.8) is 0 Å². The predicted molar refractivity (Wildman–Crippen MR) is 145 cm³/mol. The molecule has 38 heavy (non-hydrogen) atoms. The molecule has 0 unspecified atom stereocenters. The van der Waals surface area contributed by atoms with E-state index in [2.05, 4.69) is 0 Å². The molecule has 0 N–H and O–H groups in total. The number of benzene rings is 3. The second-order valence-corrected chi connectivity index (χ2v) is 8.86. The van der Waals surface area contributed by atoms with Crippen molar-refractivity contribution in [2.75, 3.05) is 13.2 Å². The summed E-state index contributed by atoms with van der Waals surface area (Å²) in [5, 5.41) is 0. The summed E-state index contributed by atoms with van der Waals surface area (Å²) in [6.45, 7) is 3.60. The summed E-state index contributed by atoms with van der Waals surface area (Å²) < 4.78 is 30.1. The molecule has 1 heterocycles. The van der Waals surface area contributed by atoms with E-state index < -0.39 is 24.3 Å². The molecule has 3 aromatic carbocycles. The smallest absolute Gasteiger partial charge is 0.330 e. The van der Waals surface area contributed by atoms with Crippen LogP contribution in [0, 0.1) is 0 Å². The molecule has 0 saturated heterocycles. The SMILES string of the molecule is CCOC(=O)/C=C/C1=CO[C@H](COCc2ccccc2)[C@@H](OCc2ccccc2)[C@@H]1OCc1ccccc1. The van der Waals surface area contributed by atoms with Gasteiger partial charge in [-0.25, -0.2) is 4.79 Å². The van der Waals surface area contributed by atoms with Crippen molar-refractivity contribution in [2.45, 2.75) is 45.1 Å². The zero-order chi connectivity index (χ0) is 26.4. The highest BCUT2D eigenvalue weighted by atomic mass is 16.6. The minimum Gasteiger partial charge on any atom is -0.492 e. The zero-order valence-corrected chi connectivity index (χ0v) is 21.6. The molecule has 1 aliphatic rings. The van der Waals surface area contributed by atoms with E-state index >= 15 is 0 Å². The fraction of sp³-hybridized carbons (Fsp3) is 0.281. The van der Waals surface area contributed by atoms with E-state index in [0.29, 0.717) is 38.6 Å². The number of esters is 1. The van der Waals surface area contributed by atoms with Crippen LogP contribution in [0.15, 0.2) is 115 Å². The van der Waals surface area contributed by atoms with Crippen LogP contribution in [0.5, 0.6) is 0 Å². The first-order valence-electron chi connectivity index (χ1n) is 12.9. The van der Waals surface area contributed by atoms with Gasteiger partial charge in [-0.15, -0.1) is 0 Å². The summed E-state index contributed by atoms with van der Waals surface area (Å²) in [6, 6.07) is 29.9. The second kappa shape index (κ2) is 14.9. The molecule has 0 radical (unpaired) electrons. The van der Waals surface area contributed by atoms with E-state index in [1.807, 2.05) is 91.0 Å². The average molecular weight is 515 g/mol. The second-order valence-electron chi connectivity index (χ2n) is 8.86. The summed E-state index contributed by atoms with van der Waals surface area (Å²) in [6.07, 6.45) is 3.30. The van der Waals surface area contributed by atoms with Crippen molar-refractivity contribution in [3.05, 3.63) is 132 Å². The van der Waals surface area contributed by atoms with Crippen LogP contribution in [0.25, 0.3) is 0 Å². The van der Waals surface area contributed by atoms with Gasteiger partial charge in [0.15, 0.2) is 0 Å². The largest absolute Gasteiger partial charge is 0.492 e. The van der Waals surface area contributed by atoms with Gasteiger partial charge in [-0.2, -0.15) is 0 Å². The third kappa shape index (κ3) is 8.42. The zero-order valence-electron chi connectivity index (χ0n) is 21.6. The highest BCUT2D eigenvalue weighted by Gasteiger charge is 2.38. The van der Waals surface area contributed by atoms with Crippen molar-refractivity contribution in [1.82, 2.24) is 0 Å². The Labute approximate surface area is 224 Å². The molecule has 1 aliphatic heterocycles. The Balaban J connectivity index is 1.54. The summed E-state index contributed by atoms with van der Waals surface area (Å²) in [4.78, 5) is 12.0. The van der Waals surface area contributed by atoms with E-state index in [4.69, 9.17) is 23.7 Å². The quantitative estimate of drug-likeness (QED) is 0.213. The van der Waals surface area contributed by atoms with Gasteiger partial charge in [0.05, 0.1) is 39.3 Å². The third-order valence-electron chi connectivity index (χ3n) is 6.02. The highest BCUT2D eigenvalue weighted by molar-refractivity contribution is 5.82. The molecule has 3 aromatic rings. The number of carbonyl (C=O) groups is 1. The van der Waals surface area contributed by atoms with Crippen LogP contribution in [0.1, 0.15) is 23.6 Å². The Morgan fingerprint density at radius 3 is 1.92 bits per heavy atom. The first kappa shape index (κ1) is 27.3. The normalized spacial score (nSPS) is 19.1. The van der Waals surface area contributed by atoms with Crippen LogP contribution in [-0.2, 0) is 48.3 Å². The molecule has 0 aromatic heterocycles. The topological polar surface area (TPSA) is 63.2 Å². The van der Waals surface area contributed by atoms with Crippen LogP contribution < -0.4 is 0 Å². The van der Waals surface area contributed by atoms with Gasteiger partial charge >= 0.3 is 5.97 Å². The lowest BCUT2D eigenvalue weighted by atomic mass is 9.97. The minimum atomic E-state index is -0.497. The Bertz CT molecular complexity index is 1160. The Hall–Kier alpha value is -3.71. The van der Waals surface area contributed by atoms with Gasteiger partial charge in [0.25, 0.3) is 0 Å².